The summed E-state index contributed by atoms with van der Waals surface area (Å²) < 4.78 is 5.34. The van der Waals surface area contributed by atoms with Gasteiger partial charge in [-0.05, 0) is 142 Å². The Morgan fingerprint density at radius 2 is 0.762 bits per heavy atom. The fraction of sp³-hybridized carbons (Fsp3) is 0.100. The molecule has 2 aromatic heterocycles. The highest BCUT2D eigenvalue weighted by molar-refractivity contribution is 7.26. The van der Waals surface area contributed by atoms with Crippen LogP contribution < -0.4 is 4.90 Å². The number of thiophene rings is 2. The van der Waals surface area contributed by atoms with E-state index < -0.39 is 0 Å². The number of benzene rings is 9. The molecule has 3 heteroatoms. The van der Waals surface area contributed by atoms with Gasteiger partial charge in [-0.3, -0.25) is 0 Å². The summed E-state index contributed by atoms with van der Waals surface area (Å²) in [4.78, 5) is 2.43. The van der Waals surface area contributed by atoms with E-state index in [-0.39, 0.29) is 5.41 Å². The standard InChI is InChI=1S/C60H43NS2/c1-2-12-43(11-1)60(54-17-7-3-13-48(54)49-14-4-8-18-55(49)60)44-27-33-47(34-28-44)61(45-29-21-39(22-30-45)41-25-35-58-52(37-41)50-15-5-9-19-56(50)62-58)46-31-23-40(24-32-46)42-26-36-59-53(38-42)51-16-6-10-20-57(51)63-59/h3-10,13-38,43H,1-2,11-12H2. The van der Waals surface area contributed by atoms with Crippen LogP contribution in [0.25, 0.3) is 73.7 Å². The highest BCUT2D eigenvalue weighted by Gasteiger charge is 2.50. The van der Waals surface area contributed by atoms with E-state index in [0.717, 1.165) is 17.1 Å². The van der Waals surface area contributed by atoms with Crippen molar-refractivity contribution in [3.8, 4) is 33.4 Å². The van der Waals surface area contributed by atoms with E-state index in [2.05, 4.69) is 211 Å². The van der Waals surface area contributed by atoms with Crippen LogP contribution in [-0.4, -0.2) is 0 Å². The van der Waals surface area contributed by atoms with Crippen LogP contribution in [-0.2, 0) is 5.41 Å². The van der Waals surface area contributed by atoms with Crippen molar-refractivity contribution >= 4 is 80.1 Å². The van der Waals surface area contributed by atoms with E-state index >= 15 is 0 Å². The van der Waals surface area contributed by atoms with Crippen molar-refractivity contribution in [1.82, 2.24) is 0 Å². The molecule has 1 saturated carbocycles. The Morgan fingerprint density at radius 1 is 0.365 bits per heavy atom. The SMILES string of the molecule is c1ccc2c(c1)-c1ccccc1C2(c1ccc(N(c2ccc(-c3ccc4sc5ccccc5c4c3)cc2)c2ccc(-c3ccc4sc5ccccc5c4c3)cc2)cc1)C1CCCC1. The van der Waals surface area contributed by atoms with Gasteiger partial charge in [0.25, 0.3) is 0 Å². The second-order valence-corrected chi connectivity index (χ2v) is 19.6. The maximum atomic E-state index is 2.45. The normalized spacial score (nSPS) is 14.5. The highest BCUT2D eigenvalue weighted by Crippen LogP contribution is 2.59. The summed E-state index contributed by atoms with van der Waals surface area (Å²) >= 11 is 3.74. The van der Waals surface area contributed by atoms with Crippen LogP contribution in [0.5, 0.6) is 0 Å². The molecule has 13 rings (SSSR count). The lowest BCUT2D eigenvalue weighted by atomic mass is 9.63. The second kappa shape index (κ2) is 14.7. The van der Waals surface area contributed by atoms with Gasteiger partial charge >= 0.3 is 0 Å². The summed E-state index contributed by atoms with van der Waals surface area (Å²) in [7, 11) is 0. The molecule has 0 saturated heterocycles. The molecule has 0 atom stereocenters. The van der Waals surface area contributed by atoms with E-state index in [1.165, 1.54) is 116 Å². The van der Waals surface area contributed by atoms with Gasteiger partial charge in [-0.25, -0.2) is 0 Å². The number of hydrogen-bond donors (Lipinski definition) is 0. The average molecular weight is 842 g/mol. The smallest absolute Gasteiger partial charge is 0.0491 e. The van der Waals surface area contributed by atoms with Gasteiger partial charge < -0.3 is 4.90 Å². The van der Waals surface area contributed by atoms with E-state index in [4.69, 9.17) is 0 Å². The van der Waals surface area contributed by atoms with Crippen molar-refractivity contribution in [3.05, 3.63) is 223 Å². The summed E-state index contributed by atoms with van der Waals surface area (Å²) in [6.07, 6.45) is 5.09. The first kappa shape index (κ1) is 36.8. The van der Waals surface area contributed by atoms with Gasteiger partial charge in [0.1, 0.15) is 0 Å². The van der Waals surface area contributed by atoms with Gasteiger partial charge in [-0.2, -0.15) is 0 Å². The minimum atomic E-state index is -0.167. The molecule has 1 fully saturated rings. The second-order valence-electron chi connectivity index (χ2n) is 17.5. The average Bonchev–Trinajstić information content (AvgIpc) is 4.16. The van der Waals surface area contributed by atoms with E-state index in [9.17, 15) is 0 Å². The third kappa shape index (κ3) is 5.80. The van der Waals surface area contributed by atoms with Gasteiger partial charge in [-0.15, -0.1) is 22.7 Å². The van der Waals surface area contributed by atoms with Gasteiger partial charge in [-0.1, -0.05) is 146 Å². The van der Waals surface area contributed by atoms with Gasteiger partial charge in [0.05, 0.1) is 0 Å². The van der Waals surface area contributed by atoms with Crippen molar-refractivity contribution in [2.24, 2.45) is 5.92 Å². The molecule has 0 radical (unpaired) electrons. The maximum Gasteiger partial charge on any atom is 0.0491 e. The van der Waals surface area contributed by atoms with E-state index in [0.29, 0.717) is 5.92 Å². The molecule has 0 bridgehead atoms. The number of fused-ring (bicyclic) bond motifs is 9. The Labute approximate surface area is 376 Å². The van der Waals surface area contributed by atoms with Crippen LogP contribution in [0.1, 0.15) is 42.4 Å². The molecule has 2 aliphatic carbocycles. The van der Waals surface area contributed by atoms with Crippen LogP contribution >= 0.6 is 22.7 Å². The van der Waals surface area contributed by atoms with Crippen molar-refractivity contribution in [2.45, 2.75) is 31.1 Å². The van der Waals surface area contributed by atoms with Crippen LogP contribution in [0.4, 0.5) is 17.1 Å². The van der Waals surface area contributed by atoms with E-state index in [1.54, 1.807) is 0 Å². The molecule has 63 heavy (non-hydrogen) atoms. The molecule has 1 nitrogen and oxygen atoms in total. The fourth-order valence-electron chi connectivity index (χ4n) is 11.4. The first-order valence-corrected chi connectivity index (χ1v) is 24.0. The summed E-state index contributed by atoms with van der Waals surface area (Å²) in [5.41, 5.74) is 15.3. The molecule has 11 aromatic rings. The molecular formula is C60H43NS2. The summed E-state index contributed by atoms with van der Waals surface area (Å²) in [5, 5.41) is 5.32. The Hall–Kier alpha value is -6.78. The first-order valence-electron chi connectivity index (χ1n) is 22.3. The fourth-order valence-corrected chi connectivity index (χ4v) is 13.5. The predicted octanol–water partition coefficient (Wildman–Crippen LogP) is 17.7. The largest absolute Gasteiger partial charge is 0.311 e. The monoisotopic (exact) mass is 841 g/mol. The van der Waals surface area contributed by atoms with Crippen LogP contribution in [0, 0.1) is 5.92 Å². The lowest BCUT2D eigenvalue weighted by Gasteiger charge is -2.39. The molecular weight excluding hydrogens is 799 g/mol. The highest BCUT2D eigenvalue weighted by atomic mass is 32.1. The zero-order valence-electron chi connectivity index (χ0n) is 34.8. The zero-order chi connectivity index (χ0) is 41.5. The third-order valence-corrected chi connectivity index (χ3v) is 16.5. The van der Waals surface area contributed by atoms with Gasteiger partial charge in [0.15, 0.2) is 0 Å². The first-order chi connectivity index (χ1) is 31.2. The van der Waals surface area contributed by atoms with Gasteiger partial charge in [0, 0.05) is 62.8 Å². The van der Waals surface area contributed by atoms with Crippen molar-refractivity contribution < 1.29 is 0 Å². The molecule has 0 unspecified atom stereocenters. The van der Waals surface area contributed by atoms with Crippen molar-refractivity contribution in [2.75, 3.05) is 4.90 Å². The van der Waals surface area contributed by atoms with Crippen LogP contribution in [0.3, 0.4) is 0 Å². The Balaban J connectivity index is 0.917. The molecule has 0 N–H and O–H groups in total. The van der Waals surface area contributed by atoms with E-state index in [1.807, 2.05) is 22.7 Å². The maximum absolute atomic E-state index is 2.45. The molecule has 0 aliphatic heterocycles. The molecule has 0 amide bonds. The lowest BCUT2D eigenvalue weighted by Crippen LogP contribution is -2.34. The predicted molar refractivity (Wildman–Crippen MR) is 271 cm³/mol. The summed E-state index contributed by atoms with van der Waals surface area (Å²) in [6, 6.07) is 77.8. The zero-order valence-corrected chi connectivity index (χ0v) is 36.4. The molecule has 2 heterocycles. The van der Waals surface area contributed by atoms with Crippen molar-refractivity contribution in [3.63, 3.8) is 0 Å². The Morgan fingerprint density at radius 3 is 1.25 bits per heavy atom. The lowest BCUT2D eigenvalue weighted by molar-refractivity contribution is 0.388. The summed E-state index contributed by atoms with van der Waals surface area (Å²) in [6.45, 7) is 0. The minimum Gasteiger partial charge on any atom is -0.311 e. The molecule has 2 aliphatic rings. The molecule has 0 spiro atoms. The third-order valence-electron chi connectivity index (χ3n) is 14.2. The molecule has 9 aromatic carbocycles. The number of rotatable bonds is 7. The number of hydrogen-bond acceptors (Lipinski definition) is 3. The molecule has 300 valence electrons. The summed E-state index contributed by atoms with van der Waals surface area (Å²) in [5.74, 6) is 0.557. The van der Waals surface area contributed by atoms with Crippen LogP contribution in [0.2, 0.25) is 0 Å². The topological polar surface area (TPSA) is 3.24 Å². The Kier molecular flexibility index (Phi) is 8.57. The van der Waals surface area contributed by atoms with Gasteiger partial charge in [0.2, 0.25) is 0 Å². The Bertz CT molecular complexity index is 3310. The van der Waals surface area contributed by atoms with Crippen LogP contribution in [0.15, 0.2) is 206 Å². The number of nitrogens with zero attached hydrogens (tertiary/aromatic N) is 1. The number of anilines is 3. The van der Waals surface area contributed by atoms with Crippen molar-refractivity contribution in [1.29, 1.82) is 0 Å². The minimum absolute atomic E-state index is 0.167. The quantitative estimate of drug-likeness (QED) is 0.155.